The molecule has 22 heavy (non-hydrogen) atoms. The molecule has 1 saturated heterocycles. The van der Waals surface area contributed by atoms with Crippen molar-refractivity contribution >= 4 is 23.2 Å². The van der Waals surface area contributed by atoms with Gasteiger partial charge in [0.25, 0.3) is 0 Å². The number of ether oxygens (including phenoxy) is 2. The monoisotopic (exact) mass is 347 g/mol. The van der Waals surface area contributed by atoms with Crippen molar-refractivity contribution in [3.05, 3.63) is 28.2 Å². The van der Waals surface area contributed by atoms with Gasteiger partial charge in [-0.15, -0.1) is 0 Å². The molecule has 124 valence electrons. The molecule has 1 aliphatic heterocycles. The maximum Gasteiger partial charge on any atom is 0.122 e. The van der Waals surface area contributed by atoms with Crippen LogP contribution < -0.4 is 4.74 Å². The van der Waals surface area contributed by atoms with Gasteiger partial charge in [0, 0.05) is 42.9 Å². The highest BCUT2D eigenvalue weighted by atomic mass is 35.5. The van der Waals surface area contributed by atoms with E-state index in [2.05, 4.69) is 4.90 Å². The Morgan fingerprint density at radius 3 is 2.41 bits per heavy atom. The van der Waals surface area contributed by atoms with Crippen LogP contribution in [0.5, 0.6) is 5.75 Å². The highest BCUT2D eigenvalue weighted by Crippen LogP contribution is 2.24. The van der Waals surface area contributed by atoms with Gasteiger partial charge in [0.1, 0.15) is 12.4 Å². The minimum atomic E-state index is 0.198. The molecule has 1 N–H and O–H groups in total. The summed E-state index contributed by atoms with van der Waals surface area (Å²) in [4.78, 5) is 2.37. The second-order valence-electron chi connectivity index (χ2n) is 5.44. The molecular formula is C16H23Cl2NO3. The van der Waals surface area contributed by atoms with Crippen LogP contribution in [0.1, 0.15) is 19.3 Å². The maximum atomic E-state index is 8.74. The summed E-state index contributed by atoms with van der Waals surface area (Å²) < 4.78 is 11.4. The van der Waals surface area contributed by atoms with Crippen LogP contribution in [0, 0.1) is 0 Å². The molecule has 0 amide bonds. The molecule has 4 nitrogen and oxygen atoms in total. The van der Waals surface area contributed by atoms with Crippen molar-refractivity contribution in [1.82, 2.24) is 4.90 Å². The largest absolute Gasteiger partial charge is 0.492 e. The molecule has 1 heterocycles. The van der Waals surface area contributed by atoms with Crippen molar-refractivity contribution in [1.29, 1.82) is 0 Å². The van der Waals surface area contributed by atoms with E-state index in [1.54, 1.807) is 18.2 Å². The number of benzene rings is 1. The SMILES string of the molecule is OCCCOC1CCN(CCOc2cc(Cl)cc(Cl)c2)CC1. The lowest BCUT2D eigenvalue weighted by atomic mass is 10.1. The summed E-state index contributed by atoms with van der Waals surface area (Å²) in [6.07, 6.45) is 3.12. The second kappa shape index (κ2) is 9.58. The van der Waals surface area contributed by atoms with Gasteiger partial charge in [-0.1, -0.05) is 23.2 Å². The molecule has 0 unspecified atom stereocenters. The van der Waals surface area contributed by atoms with Crippen LogP contribution in [-0.2, 0) is 4.74 Å². The summed E-state index contributed by atoms with van der Waals surface area (Å²) in [6, 6.07) is 5.24. The molecule has 0 atom stereocenters. The third kappa shape index (κ3) is 6.31. The summed E-state index contributed by atoms with van der Waals surface area (Å²) in [5.74, 6) is 0.708. The first kappa shape index (κ1) is 17.8. The van der Waals surface area contributed by atoms with Gasteiger partial charge in [-0.3, -0.25) is 4.90 Å². The van der Waals surface area contributed by atoms with Gasteiger partial charge < -0.3 is 14.6 Å². The molecule has 2 rings (SSSR count). The first-order valence-corrected chi connectivity index (χ1v) is 8.46. The Morgan fingerprint density at radius 1 is 1.09 bits per heavy atom. The molecule has 0 aliphatic carbocycles. The maximum absolute atomic E-state index is 8.74. The smallest absolute Gasteiger partial charge is 0.122 e. The Kier molecular flexibility index (Phi) is 7.76. The van der Waals surface area contributed by atoms with Crippen molar-refractivity contribution in [2.24, 2.45) is 0 Å². The van der Waals surface area contributed by atoms with E-state index in [-0.39, 0.29) is 6.61 Å². The lowest BCUT2D eigenvalue weighted by Gasteiger charge is -2.31. The Bertz CT molecular complexity index is 431. The van der Waals surface area contributed by atoms with Crippen LogP contribution in [0.15, 0.2) is 18.2 Å². The van der Waals surface area contributed by atoms with Crippen molar-refractivity contribution in [3.8, 4) is 5.75 Å². The van der Waals surface area contributed by atoms with Gasteiger partial charge in [-0.05, 0) is 37.5 Å². The minimum absolute atomic E-state index is 0.198. The zero-order valence-electron chi connectivity index (χ0n) is 12.6. The van der Waals surface area contributed by atoms with Crippen molar-refractivity contribution < 1.29 is 14.6 Å². The number of hydrogen-bond acceptors (Lipinski definition) is 4. The van der Waals surface area contributed by atoms with E-state index in [0.717, 1.165) is 38.9 Å². The fourth-order valence-electron chi connectivity index (χ4n) is 2.52. The third-order valence-corrected chi connectivity index (χ3v) is 4.14. The van der Waals surface area contributed by atoms with E-state index in [4.69, 9.17) is 37.8 Å². The van der Waals surface area contributed by atoms with Gasteiger partial charge in [-0.25, -0.2) is 0 Å². The number of aliphatic hydroxyl groups is 1. The first-order chi connectivity index (χ1) is 10.7. The van der Waals surface area contributed by atoms with Gasteiger partial charge in [-0.2, -0.15) is 0 Å². The van der Waals surface area contributed by atoms with E-state index in [0.29, 0.717) is 35.1 Å². The Morgan fingerprint density at radius 2 is 1.77 bits per heavy atom. The normalized spacial score (nSPS) is 16.9. The number of hydrogen-bond donors (Lipinski definition) is 1. The van der Waals surface area contributed by atoms with Crippen LogP contribution in [0.25, 0.3) is 0 Å². The topological polar surface area (TPSA) is 41.9 Å². The molecule has 1 aliphatic rings. The van der Waals surface area contributed by atoms with Crippen LogP contribution >= 0.6 is 23.2 Å². The van der Waals surface area contributed by atoms with Gasteiger partial charge >= 0.3 is 0 Å². The molecule has 0 aromatic heterocycles. The molecule has 6 heteroatoms. The lowest BCUT2D eigenvalue weighted by Crippen LogP contribution is -2.39. The van der Waals surface area contributed by atoms with Crippen molar-refractivity contribution in [3.63, 3.8) is 0 Å². The average Bonchev–Trinajstić information content (AvgIpc) is 2.48. The van der Waals surface area contributed by atoms with E-state index in [1.807, 2.05) is 0 Å². The molecule has 0 saturated carbocycles. The number of piperidine rings is 1. The Labute approximate surface area is 141 Å². The van der Waals surface area contributed by atoms with Crippen LogP contribution in [0.4, 0.5) is 0 Å². The van der Waals surface area contributed by atoms with Gasteiger partial charge in [0.05, 0.1) is 6.10 Å². The van der Waals surface area contributed by atoms with Crippen molar-refractivity contribution in [2.75, 3.05) is 39.5 Å². The number of halogens is 2. The lowest BCUT2D eigenvalue weighted by molar-refractivity contribution is 0.000408. The fourth-order valence-corrected chi connectivity index (χ4v) is 3.02. The summed E-state index contributed by atoms with van der Waals surface area (Å²) in [6.45, 7) is 4.39. The van der Waals surface area contributed by atoms with E-state index in [1.165, 1.54) is 0 Å². The molecule has 1 aromatic carbocycles. The van der Waals surface area contributed by atoms with Gasteiger partial charge in [0.15, 0.2) is 0 Å². The Balaban J connectivity index is 1.62. The number of nitrogens with zero attached hydrogens (tertiary/aromatic N) is 1. The average molecular weight is 348 g/mol. The highest BCUT2D eigenvalue weighted by molar-refractivity contribution is 6.34. The highest BCUT2D eigenvalue weighted by Gasteiger charge is 2.19. The first-order valence-electron chi connectivity index (χ1n) is 7.71. The number of aliphatic hydroxyl groups excluding tert-OH is 1. The number of likely N-dealkylation sites (tertiary alicyclic amines) is 1. The summed E-state index contributed by atoms with van der Waals surface area (Å²) >= 11 is 11.9. The van der Waals surface area contributed by atoms with Crippen molar-refractivity contribution in [2.45, 2.75) is 25.4 Å². The predicted octanol–water partition coefficient (Wildman–Crippen LogP) is 3.24. The van der Waals surface area contributed by atoms with E-state index < -0.39 is 0 Å². The van der Waals surface area contributed by atoms with E-state index >= 15 is 0 Å². The summed E-state index contributed by atoms with van der Waals surface area (Å²) in [5.41, 5.74) is 0. The van der Waals surface area contributed by atoms with Crippen LogP contribution in [0.2, 0.25) is 10.0 Å². The zero-order valence-corrected chi connectivity index (χ0v) is 14.2. The van der Waals surface area contributed by atoms with Crippen LogP contribution in [-0.4, -0.2) is 55.6 Å². The molecule has 0 spiro atoms. The Hall–Kier alpha value is -0.520. The van der Waals surface area contributed by atoms with Gasteiger partial charge in [0.2, 0.25) is 0 Å². The molecule has 0 radical (unpaired) electrons. The van der Waals surface area contributed by atoms with E-state index in [9.17, 15) is 0 Å². The second-order valence-corrected chi connectivity index (χ2v) is 6.32. The molecular weight excluding hydrogens is 325 g/mol. The fraction of sp³-hybridized carbons (Fsp3) is 0.625. The predicted molar refractivity (Wildman–Crippen MR) is 89.1 cm³/mol. The molecule has 1 fully saturated rings. The van der Waals surface area contributed by atoms with Crippen LogP contribution in [0.3, 0.4) is 0 Å². The standard InChI is InChI=1S/C16H23Cl2NO3/c17-13-10-14(18)12-16(11-13)22-9-6-19-4-2-15(3-5-19)21-8-1-7-20/h10-12,15,20H,1-9H2. The molecule has 0 bridgehead atoms. The third-order valence-electron chi connectivity index (χ3n) is 3.70. The summed E-state index contributed by atoms with van der Waals surface area (Å²) in [5, 5.41) is 9.92. The minimum Gasteiger partial charge on any atom is -0.492 e. The zero-order chi connectivity index (χ0) is 15.8. The molecule has 1 aromatic rings. The quantitative estimate of drug-likeness (QED) is 0.733. The number of rotatable bonds is 8. The summed E-state index contributed by atoms with van der Waals surface area (Å²) in [7, 11) is 0.